The maximum Gasteiger partial charge on any atom is 0.151 e. The summed E-state index contributed by atoms with van der Waals surface area (Å²) in [5.41, 5.74) is 0. The Kier molecular flexibility index (Phi) is 8.43. The average molecular weight is 217 g/mol. The molecule has 0 aromatic carbocycles. The lowest BCUT2D eigenvalue weighted by Crippen LogP contribution is -2.46. The fraction of sp³-hybridized carbons (Fsp3) is 0.833. The summed E-state index contributed by atoms with van der Waals surface area (Å²) in [4.78, 5) is 9.90. The zero-order valence-corrected chi connectivity index (χ0v) is 7.46. The maximum atomic E-state index is 9.90. The van der Waals surface area contributed by atoms with E-state index in [1.807, 2.05) is 0 Å². The summed E-state index contributed by atoms with van der Waals surface area (Å²) in [5, 5.41) is 43.5. The van der Waals surface area contributed by atoms with Crippen molar-refractivity contribution in [3.63, 3.8) is 0 Å². The number of aldehydes is 1. The summed E-state index contributed by atoms with van der Waals surface area (Å²) in [6.45, 7) is -0.760. The van der Waals surface area contributed by atoms with Crippen LogP contribution in [0.1, 0.15) is 0 Å². The van der Waals surface area contributed by atoms with Gasteiger partial charge < -0.3 is 30.3 Å². The predicted molar refractivity (Wildman–Crippen MR) is 44.4 cm³/mol. The van der Waals surface area contributed by atoms with Gasteiger partial charge in [-0.05, 0) is 0 Å². The molecule has 0 saturated heterocycles. The lowest BCUT2D eigenvalue weighted by Gasteiger charge is -2.22. The van der Waals surface area contributed by atoms with Crippen LogP contribution in [0.15, 0.2) is 0 Å². The highest BCUT2D eigenvalue weighted by Gasteiger charge is 2.29. The Bertz CT molecular complexity index is 143. The summed E-state index contributed by atoms with van der Waals surface area (Å²) >= 11 is 0. The van der Waals surface area contributed by atoms with E-state index in [2.05, 4.69) is 0 Å². The second-order valence-corrected chi connectivity index (χ2v) is 2.36. The summed E-state index contributed by atoms with van der Waals surface area (Å²) in [6, 6.07) is 0. The maximum absolute atomic E-state index is 9.90. The van der Waals surface area contributed by atoms with Crippen molar-refractivity contribution in [2.45, 2.75) is 24.4 Å². The van der Waals surface area contributed by atoms with E-state index in [1.54, 1.807) is 0 Å². The Balaban J connectivity index is 0. The monoisotopic (exact) mass is 216 g/mol. The molecule has 6 nitrogen and oxygen atoms in total. The molecule has 0 aromatic rings. The lowest BCUT2D eigenvalue weighted by atomic mass is 10.0. The molecule has 0 aliphatic carbocycles. The quantitative estimate of drug-likeness (QED) is 0.314. The second-order valence-electron chi connectivity index (χ2n) is 2.36. The van der Waals surface area contributed by atoms with Crippen molar-refractivity contribution >= 4 is 18.7 Å². The van der Waals surface area contributed by atoms with Gasteiger partial charge in [0.25, 0.3) is 0 Å². The van der Waals surface area contributed by atoms with Gasteiger partial charge in [-0.3, -0.25) is 0 Å². The first-order chi connectivity index (χ1) is 5.54. The molecular weight excluding hydrogens is 204 g/mol. The summed E-state index contributed by atoms with van der Waals surface area (Å²) < 4.78 is 0. The van der Waals surface area contributed by atoms with Gasteiger partial charge in [-0.15, -0.1) is 12.4 Å². The zero-order chi connectivity index (χ0) is 9.72. The molecule has 13 heavy (non-hydrogen) atoms. The van der Waals surface area contributed by atoms with Gasteiger partial charge in [-0.25, -0.2) is 0 Å². The molecule has 0 aliphatic rings. The molecule has 4 atom stereocenters. The lowest BCUT2D eigenvalue weighted by molar-refractivity contribution is -0.136. The molecule has 0 aliphatic heterocycles. The summed E-state index contributed by atoms with van der Waals surface area (Å²) in [6.07, 6.45) is -6.84. The van der Waals surface area contributed by atoms with Gasteiger partial charge in [-0.1, -0.05) is 0 Å². The van der Waals surface area contributed by atoms with Gasteiger partial charge >= 0.3 is 0 Å². The number of halogens is 1. The molecule has 0 amide bonds. The number of hydrogen-bond acceptors (Lipinski definition) is 6. The molecule has 0 unspecified atom stereocenters. The molecule has 0 bridgehead atoms. The summed E-state index contributed by atoms with van der Waals surface area (Å²) in [7, 11) is 0. The van der Waals surface area contributed by atoms with Gasteiger partial charge in [0, 0.05) is 0 Å². The minimum atomic E-state index is -1.79. The number of hydrogen-bond donors (Lipinski definition) is 5. The van der Waals surface area contributed by atoms with Crippen molar-refractivity contribution < 1.29 is 30.3 Å². The third-order valence-corrected chi connectivity index (χ3v) is 1.42. The first-order valence-corrected chi connectivity index (χ1v) is 3.33. The van der Waals surface area contributed by atoms with E-state index >= 15 is 0 Å². The van der Waals surface area contributed by atoms with E-state index in [0.29, 0.717) is 0 Å². The van der Waals surface area contributed by atoms with Crippen molar-refractivity contribution in [2.75, 3.05) is 6.61 Å². The molecule has 0 heterocycles. The fourth-order valence-corrected chi connectivity index (χ4v) is 0.618. The Morgan fingerprint density at radius 1 is 1.08 bits per heavy atom. The number of carbonyl (C=O) groups is 1. The molecule has 0 saturated carbocycles. The fourth-order valence-electron chi connectivity index (χ4n) is 0.618. The van der Waals surface area contributed by atoms with Crippen LogP contribution in [0.3, 0.4) is 0 Å². The van der Waals surface area contributed by atoms with Crippen LogP contribution in [-0.2, 0) is 4.79 Å². The van der Waals surface area contributed by atoms with Gasteiger partial charge in [0.2, 0.25) is 0 Å². The minimum absolute atomic E-state index is 0. The van der Waals surface area contributed by atoms with Crippen LogP contribution in [0.25, 0.3) is 0 Å². The van der Waals surface area contributed by atoms with Gasteiger partial charge in [-0.2, -0.15) is 0 Å². The van der Waals surface area contributed by atoms with Crippen molar-refractivity contribution in [1.29, 1.82) is 0 Å². The van der Waals surface area contributed by atoms with Crippen molar-refractivity contribution in [3.8, 4) is 0 Å². The Labute approximate surface area is 80.8 Å². The van der Waals surface area contributed by atoms with Crippen LogP contribution in [0.2, 0.25) is 0 Å². The second kappa shape index (κ2) is 7.19. The van der Waals surface area contributed by atoms with Crippen LogP contribution in [0.4, 0.5) is 0 Å². The number of rotatable bonds is 5. The average Bonchev–Trinajstić information content (AvgIpc) is 2.12. The topological polar surface area (TPSA) is 118 Å². The molecular formula is C6H13ClO6. The van der Waals surface area contributed by atoms with E-state index in [-0.39, 0.29) is 18.7 Å². The van der Waals surface area contributed by atoms with Crippen LogP contribution in [-0.4, -0.2) is 62.8 Å². The SMILES string of the molecule is Cl.O=C[C@H](O)[C@@H](O)[C@H](O)[C@H](O)CO. The third-order valence-electron chi connectivity index (χ3n) is 1.42. The van der Waals surface area contributed by atoms with E-state index in [9.17, 15) is 4.79 Å². The molecule has 0 rings (SSSR count). The van der Waals surface area contributed by atoms with Gasteiger partial charge in [0.1, 0.15) is 24.4 Å². The first kappa shape index (κ1) is 15.2. The number of carbonyl (C=O) groups excluding carboxylic acids is 1. The standard InChI is InChI=1S/C6H12O6.ClH/c7-1-3(9)5(11)6(12)4(10)2-8;/h1,3-6,8-12H,2H2;1H/t3-,4+,5+,6+;/m0./s1. The molecule has 0 radical (unpaired) electrons. The molecule has 0 fully saturated rings. The molecule has 5 N–H and O–H groups in total. The predicted octanol–water partition coefficient (Wildman–Crippen LogP) is -2.96. The highest BCUT2D eigenvalue weighted by molar-refractivity contribution is 5.85. The molecule has 7 heteroatoms. The Morgan fingerprint density at radius 2 is 1.54 bits per heavy atom. The van der Waals surface area contributed by atoms with Gasteiger partial charge in [0.15, 0.2) is 6.29 Å². The van der Waals surface area contributed by atoms with Gasteiger partial charge in [0.05, 0.1) is 6.61 Å². The highest BCUT2D eigenvalue weighted by atomic mass is 35.5. The minimum Gasteiger partial charge on any atom is -0.394 e. The zero-order valence-electron chi connectivity index (χ0n) is 6.65. The third kappa shape index (κ3) is 4.51. The van der Waals surface area contributed by atoms with E-state index in [0.717, 1.165) is 0 Å². The first-order valence-electron chi connectivity index (χ1n) is 3.33. The van der Waals surface area contributed by atoms with Crippen molar-refractivity contribution in [3.05, 3.63) is 0 Å². The molecule has 80 valence electrons. The van der Waals surface area contributed by atoms with Crippen LogP contribution in [0, 0.1) is 0 Å². The van der Waals surface area contributed by atoms with Crippen LogP contribution < -0.4 is 0 Å². The molecule has 0 aromatic heterocycles. The largest absolute Gasteiger partial charge is 0.394 e. The highest BCUT2D eigenvalue weighted by Crippen LogP contribution is 2.02. The van der Waals surface area contributed by atoms with Crippen molar-refractivity contribution in [1.82, 2.24) is 0 Å². The smallest absolute Gasteiger partial charge is 0.151 e. The number of aliphatic hydroxyl groups excluding tert-OH is 5. The van der Waals surface area contributed by atoms with E-state index in [4.69, 9.17) is 25.5 Å². The Morgan fingerprint density at radius 3 is 1.85 bits per heavy atom. The van der Waals surface area contributed by atoms with E-state index < -0.39 is 31.0 Å². The number of aliphatic hydroxyl groups is 5. The van der Waals surface area contributed by atoms with Crippen LogP contribution in [0.5, 0.6) is 0 Å². The van der Waals surface area contributed by atoms with Crippen molar-refractivity contribution in [2.24, 2.45) is 0 Å². The van der Waals surface area contributed by atoms with Crippen LogP contribution >= 0.6 is 12.4 Å². The normalized spacial score (nSPS) is 19.5. The summed E-state index contributed by atoms with van der Waals surface area (Å²) in [5.74, 6) is 0. The molecule has 0 spiro atoms. The van der Waals surface area contributed by atoms with E-state index in [1.165, 1.54) is 0 Å². The Hall–Kier alpha value is -0.240.